The maximum absolute atomic E-state index is 12.4. The Balaban J connectivity index is 2.10. The van der Waals surface area contributed by atoms with Gasteiger partial charge < -0.3 is 15.8 Å². The van der Waals surface area contributed by atoms with Crippen LogP contribution in [0.1, 0.15) is 51.1 Å². The van der Waals surface area contributed by atoms with E-state index in [4.69, 9.17) is 10.5 Å². The number of hydrogen-bond acceptors (Lipinski definition) is 4. The molecule has 3 N–H and O–H groups in total. The quantitative estimate of drug-likeness (QED) is 0.767. The van der Waals surface area contributed by atoms with Crippen molar-refractivity contribution in [2.24, 2.45) is 5.73 Å². The van der Waals surface area contributed by atoms with Crippen molar-refractivity contribution in [1.82, 2.24) is 10.2 Å². The molecule has 0 radical (unpaired) electrons. The summed E-state index contributed by atoms with van der Waals surface area (Å²) in [5, 5.41) is 3.07. The molecule has 1 heterocycles. The number of nitrogens with one attached hydrogen (secondary N) is 1. The fourth-order valence-electron chi connectivity index (χ4n) is 3.38. The van der Waals surface area contributed by atoms with Crippen LogP contribution in [0.15, 0.2) is 24.3 Å². The van der Waals surface area contributed by atoms with Crippen LogP contribution in [0.5, 0.6) is 5.75 Å². The van der Waals surface area contributed by atoms with Crippen LogP contribution < -0.4 is 15.8 Å². The van der Waals surface area contributed by atoms with Crippen molar-refractivity contribution in [3.8, 4) is 5.75 Å². The number of ether oxygens (including phenoxy) is 1. The molecule has 24 heavy (non-hydrogen) atoms. The number of likely N-dealkylation sites (tertiary alicyclic amines) is 1. The normalized spacial score (nSPS) is 18.8. The number of carbonyl (C=O) groups excluding carboxylic acids is 1. The van der Waals surface area contributed by atoms with E-state index < -0.39 is 5.54 Å². The van der Waals surface area contributed by atoms with Crippen LogP contribution in [0.2, 0.25) is 0 Å². The van der Waals surface area contributed by atoms with Crippen molar-refractivity contribution < 1.29 is 9.53 Å². The minimum Gasteiger partial charge on any atom is -0.497 e. The number of carbonyl (C=O) groups is 1. The van der Waals surface area contributed by atoms with Crippen molar-refractivity contribution in [3.05, 3.63) is 29.8 Å². The van der Waals surface area contributed by atoms with Gasteiger partial charge in [0.1, 0.15) is 5.75 Å². The molecule has 5 nitrogen and oxygen atoms in total. The fourth-order valence-corrected chi connectivity index (χ4v) is 3.38. The molecular weight excluding hydrogens is 302 g/mol. The van der Waals surface area contributed by atoms with Gasteiger partial charge in [0.15, 0.2) is 0 Å². The van der Waals surface area contributed by atoms with E-state index >= 15 is 0 Å². The third-order valence-corrected chi connectivity index (χ3v) is 4.80. The molecule has 2 unspecified atom stereocenters. The molecule has 1 aliphatic heterocycles. The van der Waals surface area contributed by atoms with Crippen LogP contribution in [0.25, 0.3) is 0 Å². The predicted octanol–water partition coefficient (Wildman–Crippen LogP) is 2.47. The topological polar surface area (TPSA) is 67.6 Å². The lowest BCUT2D eigenvalue weighted by molar-refractivity contribution is -0.126. The Hall–Kier alpha value is -1.59. The zero-order valence-corrected chi connectivity index (χ0v) is 15.2. The molecule has 1 amide bonds. The van der Waals surface area contributed by atoms with Gasteiger partial charge in [-0.25, -0.2) is 0 Å². The number of benzene rings is 1. The molecule has 1 saturated heterocycles. The van der Waals surface area contributed by atoms with Gasteiger partial charge in [0, 0.05) is 6.54 Å². The Kier molecular flexibility index (Phi) is 6.63. The first-order chi connectivity index (χ1) is 11.5. The second-order valence-electron chi connectivity index (χ2n) is 6.91. The summed E-state index contributed by atoms with van der Waals surface area (Å²) in [5.74, 6) is 0.772. The number of amides is 1. The fraction of sp³-hybridized carbons (Fsp3) is 0.632. The Morgan fingerprint density at radius 1 is 1.42 bits per heavy atom. The van der Waals surface area contributed by atoms with Crippen LogP contribution in [0, 0.1) is 0 Å². The molecule has 1 aromatic rings. The maximum Gasteiger partial charge on any atom is 0.239 e. The average molecular weight is 333 g/mol. The van der Waals surface area contributed by atoms with Crippen molar-refractivity contribution >= 4 is 5.91 Å². The number of nitrogens with two attached hydrogens (primary N) is 1. The van der Waals surface area contributed by atoms with Crippen LogP contribution in [0.3, 0.4) is 0 Å². The van der Waals surface area contributed by atoms with Gasteiger partial charge in [-0.05, 0) is 57.0 Å². The van der Waals surface area contributed by atoms with E-state index in [-0.39, 0.29) is 11.9 Å². The van der Waals surface area contributed by atoms with E-state index in [2.05, 4.69) is 22.3 Å². The van der Waals surface area contributed by atoms with Crippen LogP contribution >= 0.6 is 0 Å². The smallest absolute Gasteiger partial charge is 0.239 e. The highest BCUT2D eigenvalue weighted by Crippen LogP contribution is 2.27. The minimum atomic E-state index is -0.807. The molecule has 0 saturated carbocycles. The van der Waals surface area contributed by atoms with E-state index in [1.54, 1.807) is 7.11 Å². The molecule has 2 rings (SSSR count). The summed E-state index contributed by atoms with van der Waals surface area (Å²) in [6.07, 6.45) is 4.00. The van der Waals surface area contributed by atoms with Gasteiger partial charge in [-0.2, -0.15) is 0 Å². The van der Waals surface area contributed by atoms with Gasteiger partial charge in [0.05, 0.1) is 18.7 Å². The van der Waals surface area contributed by atoms with Gasteiger partial charge in [-0.3, -0.25) is 9.69 Å². The largest absolute Gasteiger partial charge is 0.497 e. The molecule has 1 fully saturated rings. The lowest BCUT2D eigenvalue weighted by Crippen LogP contribution is -2.53. The lowest BCUT2D eigenvalue weighted by Gasteiger charge is -2.30. The molecule has 0 aromatic heterocycles. The molecular formula is C19H31N3O2. The Labute approximate surface area is 145 Å². The molecule has 134 valence electrons. The summed E-state index contributed by atoms with van der Waals surface area (Å²) in [7, 11) is 1.68. The highest BCUT2D eigenvalue weighted by molar-refractivity contribution is 5.85. The molecule has 1 aliphatic rings. The van der Waals surface area contributed by atoms with Crippen molar-refractivity contribution in [1.29, 1.82) is 0 Å². The number of rotatable bonds is 8. The number of nitrogens with zero attached hydrogens (tertiary/aromatic N) is 1. The highest BCUT2D eigenvalue weighted by Gasteiger charge is 2.29. The minimum absolute atomic E-state index is 0.0727. The maximum atomic E-state index is 12.4. The van der Waals surface area contributed by atoms with Gasteiger partial charge >= 0.3 is 0 Å². The van der Waals surface area contributed by atoms with Crippen LogP contribution in [0.4, 0.5) is 0 Å². The first-order valence-corrected chi connectivity index (χ1v) is 8.93. The molecule has 0 aliphatic carbocycles. The van der Waals surface area contributed by atoms with Crippen molar-refractivity contribution in [2.75, 3.05) is 26.7 Å². The number of hydrogen-bond donors (Lipinski definition) is 2. The van der Waals surface area contributed by atoms with Gasteiger partial charge in [0.2, 0.25) is 5.91 Å². The molecule has 0 bridgehead atoms. The monoisotopic (exact) mass is 333 g/mol. The lowest BCUT2D eigenvalue weighted by atomic mass is 9.96. The summed E-state index contributed by atoms with van der Waals surface area (Å²) in [4.78, 5) is 14.9. The summed E-state index contributed by atoms with van der Waals surface area (Å²) in [6, 6.07) is 8.27. The Morgan fingerprint density at radius 2 is 2.12 bits per heavy atom. The second kappa shape index (κ2) is 8.49. The summed E-state index contributed by atoms with van der Waals surface area (Å²) < 4.78 is 5.35. The van der Waals surface area contributed by atoms with Crippen molar-refractivity contribution in [2.45, 2.75) is 51.1 Å². The first-order valence-electron chi connectivity index (χ1n) is 8.93. The zero-order valence-electron chi connectivity index (χ0n) is 15.2. The Morgan fingerprint density at radius 3 is 2.75 bits per heavy atom. The van der Waals surface area contributed by atoms with E-state index in [0.29, 0.717) is 13.0 Å². The molecule has 1 aromatic carbocycles. The van der Waals surface area contributed by atoms with E-state index in [1.165, 1.54) is 18.4 Å². The average Bonchev–Trinajstić information content (AvgIpc) is 3.09. The van der Waals surface area contributed by atoms with Gasteiger partial charge in [-0.15, -0.1) is 0 Å². The SMILES string of the molecule is CCCC(C)(N)C(=O)NCC(c1cccc(OC)c1)N1CCCC1. The van der Waals surface area contributed by atoms with Crippen LogP contribution in [-0.2, 0) is 4.79 Å². The third kappa shape index (κ3) is 4.71. The van der Waals surface area contributed by atoms with E-state index in [0.717, 1.165) is 25.3 Å². The summed E-state index contributed by atoms with van der Waals surface area (Å²) in [5.41, 5.74) is 6.51. The standard InChI is InChI=1S/C19H31N3O2/c1-4-10-19(2,20)18(23)21-14-17(22-11-5-6-12-22)15-8-7-9-16(13-15)24-3/h7-9,13,17H,4-6,10-12,14,20H2,1-3H3,(H,21,23). The van der Waals surface area contributed by atoms with Gasteiger partial charge in [-0.1, -0.05) is 25.5 Å². The van der Waals surface area contributed by atoms with Crippen LogP contribution in [-0.4, -0.2) is 43.1 Å². The Bertz CT molecular complexity index is 539. The predicted molar refractivity (Wildman–Crippen MR) is 97.1 cm³/mol. The van der Waals surface area contributed by atoms with Gasteiger partial charge in [0.25, 0.3) is 0 Å². The first kappa shape index (κ1) is 18.7. The van der Waals surface area contributed by atoms with E-state index in [1.807, 2.05) is 26.0 Å². The summed E-state index contributed by atoms with van der Waals surface area (Å²) in [6.45, 7) is 6.55. The zero-order chi connectivity index (χ0) is 17.6. The summed E-state index contributed by atoms with van der Waals surface area (Å²) >= 11 is 0. The number of methoxy groups -OCH3 is 1. The highest BCUT2D eigenvalue weighted by atomic mass is 16.5. The third-order valence-electron chi connectivity index (χ3n) is 4.80. The molecule has 2 atom stereocenters. The van der Waals surface area contributed by atoms with E-state index in [9.17, 15) is 4.79 Å². The second-order valence-corrected chi connectivity index (χ2v) is 6.91. The molecule has 5 heteroatoms. The molecule has 0 spiro atoms. The van der Waals surface area contributed by atoms with Crippen molar-refractivity contribution in [3.63, 3.8) is 0 Å².